The van der Waals surface area contributed by atoms with Gasteiger partial charge in [0.2, 0.25) is 11.8 Å². The van der Waals surface area contributed by atoms with Crippen molar-refractivity contribution in [1.82, 2.24) is 20.3 Å². The molecule has 0 spiro atoms. The summed E-state index contributed by atoms with van der Waals surface area (Å²) in [6.07, 6.45) is 5.92. The van der Waals surface area contributed by atoms with Crippen molar-refractivity contribution in [2.24, 2.45) is 0 Å². The smallest absolute Gasteiger partial charge is 0.254 e. The zero-order valence-corrected chi connectivity index (χ0v) is 14.5. The topological polar surface area (TPSA) is 80.2 Å². The maximum absolute atomic E-state index is 13.9. The minimum Gasteiger partial charge on any atom is -0.481 e. The zero-order chi connectivity index (χ0) is 18.1. The van der Waals surface area contributed by atoms with Crippen molar-refractivity contribution in [1.29, 1.82) is 0 Å². The van der Waals surface area contributed by atoms with E-state index in [4.69, 9.17) is 4.74 Å². The highest BCUT2D eigenvalue weighted by molar-refractivity contribution is 5.94. The van der Waals surface area contributed by atoms with Gasteiger partial charge < -0.3 is 15.0 Å². The Balaban J connectivity index is 1.41. The second-order valence-corrected chi connectivity index (χ2v) is 6.67. The van der Waals surface area contributed by atoms with Crippen LogP contribution in [0.15, 0.2) is 24.5 Å². The molecule has 0 aromatic carbocycles. The molecule has 26 heavy (non-hydrogen) atoms. The number of methoxy groups -OCH3 is 1. The fraction of sp³-hybridized carbons (Fsp3) is 0.444. The molecule has 1 amide bonds. The van der Waals surface area contributed by atoms with Crippen LogP contribution in [0.3, 0.4) is 0 Å². The van der Waals surface area contributed by atoms with E-state index >= 15 is 0 Å². The summed E-state index contributed by atoms with van der Waals surface area (Å²) < 4.78 is 18.8. The van der Waals surface area contributed by atoms with Gasteiger partial charge in [0, 0.05) is 43.0 Å². The first kappa shape index (κ1) is 16.7. The van der Waals surface area contributed by atoms with E-state index in [2.05, 4.69) is 25.2 Å². The number of ether oxygens (including phenoxy) is 1. The molecule has 4 rings (SSSR count). The van der Waals surface area contributed by atoms with Crippen molar-refractivity contribution in [3.05, 3.63) is 41.6 Å². The molecular formula is C18H20FN5O2. The normalized spacial score (nSPS) is 19.5. The minimum atomic E-state index is -0.668. The van der Waals surface area contributed by atoms with Crippen LogP contribution in [0.25, 0.3) is 0 Å². The number of hydrogen-bond donors (Lipinski definition) is 1. The SMILES string of the molecule is COc1cc(C(=O)NC2CCN(c3nccc(C4CC4)n3)C2)c(F)cn1. The lowest BCUT2D eigenvalue weighted by Crippen LogP contribution is -2.37. The Morgan fingerprint density at radius 2 is 2.19 bits per heavy atom. The fourth-order valence-electron chi connectivity index (χ4n) is 3.15. The number of rotatable bonds is 5. The molecule has 0 radical (unpaired) electrons. The highest BCUT2D eigenvalue weighted by atomic mass is 19.1. The van der Waals surface area contributed by atoms with Gasteiger partial charge >= 0.3 is 0 Å². The summed E-state index contributed by atoms with van der Waals surface area (Å²) in [4.78, 5) is 27.2. The van der Waals surface area contributed by atoms with Gasteiger partial charge in [-0.05, 0) is 25.3 Å². The first-order chi connectivity index (χ1) is 12.6. The number of halogens is 1. The number of nitrogens with zero attached hydrogens (tertiary/aromatic N) is 4. The molecule has 7 nitrogen and oxygen atoms in total. The van der Waals surface area contributed by atoms with Gasteiger partial charge in [-0.1, -0.05) is 0 Å². The number of carbonyl (C=O) groups excluding carboxylic acids is 1. The van der Waals surface area contributed by atoms with Gasteiger partial charge in [0.15, 0.2) is 5.82 Å². The number of amides is 1. The van der Waals surface area contributed by atoms with E-state index in [0.717, 1.165) is 24.9 Å². The van der Waals surface area contributed by atoms with E-state index in [0.29, 0.717) is 18.4 Å². The first-order valence-electron chi connectivity index (χ1n) is 8.72. The molecule has 1 aliphatic carbocycles. The van der Waals surface area contributed by atoms with Gasteiger partial charge in [-0.3, -0.25) is 4.79 Å². The van der Waals surface area contributed by atoms with E-state index in [-0.39, 0.29) is 17.5 Å². The van der Waals surface area contributed by atoms with E-state index in [1.54, 1.807) is 6.20 Å². The van der Waals surface area contributed by atoms with Crippen LogP contribution in [0.2, 0.25) is 0 Å². The van der Waals surface area contributed by atoms with Crippen LogP contribution in [0.4, 0.5) is 10.3 Å². The van der Waals surface area contributed by atoms with Crippen molar-refractivity contribution in [3.63, 3.8) is 0 Å². The Bertz CT molecular complexity index is 827. The second kappa shape index (κ2) is 6.86. The highest BCUT2D eigenvalue weighted by Gasteiger charge is 2.29. The summed E-state index contributed by atoms with van der Waals surface area (Å²) in [6, 6.07) is 3.18. The van der Waals surface area contributed by atoms with Crippen LogP contribution >= 0.6 is 0 Å². The molecule has 2 aliphatic rings. The summed E-state index contributed by atoms with van der Waals surface area (Å²) in [7, 11) is 1.42. The molecule has 0 bridgehead atoms. The Morgan fingerprint density at radius 3 is 2.96 bits per heavy atom. The maximum Gasteiger partial charge on any atom is 0.254 e. The molecule has 2 aromatic rings. The molecule has 1 saturated heterocycles. The molecule has 1 atom stereocenters. The van der Waals surface area contributed by atoms with E-state index in [1.807, 2.05) is 6.07 Å². The van der Waals surface area contributed by atoms with Crippen LogP contribution in [0.5, 0.6) is 5.88 Å². The molecule has 1 N–H and O–H groups in total. The molecule has 1 unspecified atom stereocenters. The average Bonchev–Trinajstić information content (AvgIpc) is 3.41. The van der Waals surface area contributed by atoms with Crippen LogP contribution in [-0.4, -0.2) is 47.1 Å². The second-order valence-electron chi connectivity index (χ2n) is 6.67. The predicted molar refractivity (Wildman–Crippen MR) is 92.8 cm³/mol. The van der Waals surface area contributed by atoms with Gasteiger partial charge in [0.25, 0.3) is 5.91 Å². The summed E-state index contributed by atoms with van der Waals surface area (Å²) in [5.41, 5.74) is 1.02. The zero-order valence-electron chi connectivity index (χ0n) is 14.5. The first-order valence-corrected chi connectivity index (χ1v) is 8.72. The summed E-state index contributed by atoms with van der Waals surface area (Å²) >= 11 is 0. The van der Waals surface area contributed by atoms with Crippen LogP contribution < -0.4 is 15.0 Å². The predicted octanol–water partition coefficient (Wildman–Crippen LogP) is 1.91. The monoisotopic (exact) mass is 357 g/mol. The lowest BCUT2D eigenvalue weighted by Gasteiger charge is -2.17. The number of carbonyl (C=O) groups is 1. The Hall–Kier alpha value is -2.77. The Kier molecular flexibility index (Phi) is 4.40. The standard InChI is InChI=1S/C18H20FN5O2/c1-26-16-8-13(14(19)9-21-16)17(25)22-12-5-7-24(10-12)18-20-6-4-15(23-18)11-2-3-11/h4,6,8-9,11-12H,2-3,5,7,10H2,1H3,(H,22,25). The van der Waals surface area contributed by atoms with Gasteiger partial charge in [0.05, 0.1) is 18.9 Å². The van der Waals surface area contributed by atoms with Crippen molar-refractivity contribution in [3.8, 4) is 5.88 Å². The molecule has 1 saturated carbocycles. The summed E-state index contributed by atoms with van der Waals surface area (Å²) in [6.45, 7) is 1.35. The van der Waals surface area contributed by atoms with E-state index in [1.165, 1.54) is 26.0 Å². The van der Waals surface area contributed by atoms with Gasteiger partial charge in [-0.2, -0.15) is 0 Å². The number of nitrogens with one attached hydrogen (secondary N) is 1. The van der Waals surface area contributed by atoms with E-state index < -0.39 is 11.7 Å². The van der Waals surface area contributed by atoms with Crippen LogP contribution in [0.1, 0.15) is 41.2 Å². The van der Waals surface area contributed by atoms with Crippen molar-refractivity contribution in [2.45, 2.75) is 31.2 Å². The van der Waals surface area contributed by atoms with Gasteiger partial charge in [-0.15, -0.1) is 0 Å². The van der Waals surface area contributed by atoms with Crippen molar-refractivity contribution in [2.75, 3.05) is 25.1 Å². The average molecular weight is 357 g/mol. The molecular weight excluding hydrogens is 337 g/mol. The highest BCUT2D eigenvalue weighted by Crippen LogP contribution is 2.39. The Labute approximate surface area is 150 Å². The number of aromatic nitrogens is 3. The molecule has 2 fully saturated rings. The largest absolute Gasteiger partial charge is 0.481 e. The molecule has 1 aliphatic heterocycles. The number of hydrogen-bond acceptors (Lipinski definition) is 6. The van der Waals surface area contributed by atoms with E-state index in [9.17, 15) is 9.18 Å². The van der Waals surface area contributed by atoms with Gasteiger partial charge in [0.1, 0.15) is 0 Å². The minimum absolute atomic E-state index is 0.0673. The molecule has 136 valence electrons. The lowest BCUT2D eigenvalue weighted by molar-refractivity contribution is 0.0935. The fourth-order valence-corrected chi connectivity index (χ4v) is 3.15. The quantitative estimate of drug-likeness (QED) is 0.880. The third kappa shape index (κ3) is 3.44. The Morgan fingerprint density at radius 1 is 1.35 bits per heavy atom. The van der Waals surface area contributed by atoms with Crippen LogP contribution in [-0.2, 0) is 0 Å². The van der Waals surface area contributed by atoms with Crippen molar-refractivity contribution >= 4 is 11.9 Å². The maximum atomic E-state index is 13.9. The third-order valence-electron chi connectivity index (χ3n) is 4.75. The summed E-state index contributed by atoms with van der Waals surface area (Å²) in [5, 5.41) is 2.88. The lowest BCUT2D eigenvalue weighted by atomic mass is 10.2. The van der Waals surface area contributed by atoms with Gasteiger partial charge in [-0.25, -0.2) is 19.3 Å². The number of pyridine rings is 1. The third-order valence-corrected chi connectivity index (χ3v) is 4.75. The molecule has 3 heterocycles. The van der Waals surface area contributed by atoms with Crippen molar-refractivity contribution < 1.29 is 13.9 Å². The summed E-state index contributed by atoms with van der Waals surface area (Å²) in [5.74, 6) is 0.332. The molecule has 8 heteroatoms. The van der Waals surface area contributed by atoms with Crippen LogP contribution in [0, 0.1) is 5.82 Å². The molecule has 2 aromatic heterocycles. The number of anilines is 1.